The molecule has 4 rings (SSSR count). The van der Waals surface area contributed by atoms with Crippen molar-refractivity contribution < 1.29 is 18.0 Å². The highest BCUT2D eigenvalue weighted by Crippen LogP contribution is 2.35. The molecule has 2 aromatic heterocycles. The molecule has 1 amide bonds. The first-order valence-corrected chi connectivity index (χ1v) is 8.27. The number of rotatable bonds is 2. The molecule has 0 spiro atoms. The van der Waals surface area contributed by atoms with Crippen molar-refractivity contribution in [2.75, 3.05) is 6.54 Å². The molecule has 3 heterocycles. The van der Waals surface area contributed by atoms with E-state index in [9.17, 15) is 18.0 Å². The summed E-state index contributed by atoms with van der Waals surface area (Å²) < 4.78 is 40.5. The van der Waals surface area contributed by atoms with E-state index in [1.165, 1.54) is 6.20 Å². The number of aromatic nitrogens is 4. The number of carbonyl (C=O) groups excluding carboxylic acids is 1. The van der Waals surface area contributed by atoms with Crippen LogP contribution in [-0.2, 0) is 12.7 Å². The molecule has 0 unspecified atom stereocenters. The van der Waals surface area contributed by atoms with Gasteiger partial charge in [0.15, 0.2) is 5.82 Å². The van der Waals surface area contributed by atoms with Crippen molar-refractivity contribution in [2.24, 2.45) is 0 Å². The lowest BCUT2D eigenvalue weighted by molar-refractivity contribution is -0.137. The van der Waals surface area contributed by atoms with E-state index in [1.807, 2.05) is 0 Å². The Morgan fingerprint density at radius 2 is 1.96 bits per heavy atom. The van der Waals surface area contributed by atoms with Crippen LogP contribution in [0.15, 0.2) is 36.5 Å². The van der Waals surface area contributed by atoms with E-state index >= 15 is 0 Å². The summed E-state index contributed by atoms with van der Waals surface area (Å²) in [5, 5.41) is 7.15. The fourth-order valence-electron chi connectivity index (χ4n) is 2.77. The number of benzene rings is 1. The Labute approximate surface area is 156 Å². The molecule has 3 aromatic rings. The van der Waals surface area contributed by atoms with E-state index in [2.05, 4.69) is 20.4 Å². The third-order valence-corrected chi connectivity index (χ3v) is 4.40. The minimum Gasteiger partial charge on any atom is -0.349 e. The van der Waals surface area contributed by atoms with Gasteiger partial charge in [-0.05, 0) is 30.3 Å². The Balaban J connectivity index is 1.77. The largest absolute Gasteiger partial charge is 0.416 e. The quantitative estimate of drug-likeness (QED) is 0.724. The lowest BCUT2D eigenvalue weighted by atomic mass is 10.1. The number of fused-ring (bicyclic) bond motifs is 1. The van der Waals surface area contributed by atoms with Crippen molar-refractivity contribution in [1.29, 1.82) is 0 Å². The van der Waals surface area contributed by atoms with Crippen LogP contribution < -0.4 is 5.32 Å². The number of hydrogen-bond donors (Lipinski definition) is 1. The highest BCUT2D eigenvalue weighted by atomic mass is 35.5. The molecule has 0 saturated carbocycles. The summed E-state index contributed by atoms with van der Waals surface area (Å²) >= 11 is 6.06. The molecule has 0 saturated heterocycles. The van der Waals surface area contributed by atoms with Crippen molar-refractivity contribution in [3.05, 3.63) is 52.8 Å². The van der Waals surface area contributed by atoms with Crippen molar-refractivity contribution in [2.45, 2.75) is 12.7 Å². The number of amides is 1. The first-order valence-electron chi connectivity index (χ1n) is 7.89. The zero-order valence-electron chi connectivity index (χ0n) is 13.6. The summed E-state index contributed by atoms with van der Waals surface area (Å²) in [4.78, 5) is 20.2. The molecule has 27 heavy (non-hydrogen) atoms. The highest BCUT2D eigenvalue weighted by molar-refractivity contribution is 6.33. The fourth-order valence-corrected chi connectivity index (χ4v) is 2.97. The molecular formula is C17H11ClF3N5O. The third-order valence-electron chi connectivity index (χ3n) is 4.07. The maximum Gasteiger partial charge on any atom is 0.416 e. The zero-order chi connectivity index (χ0) is 19.2. The van der Waals surface area contributed by atoms with Crippen LogP contribution in [0.25, 0.3) is 22.8 Å². The first-order chi connectivity index (χ1) is 12.8. The van der Waals surface area contributed by atoms with Gasteiger partial charge in [-0.25, -0.2) is 9.97 Å². The van der Waals surface area contributed by atoms with Gasteiger partial charge in [-0.3, -0.25) is 9.48 Å². The minimum absolute atomic E-state index is 0.0408. The van der Waals surface area contributed by atoms with Crippen LogP contribution in [0.1, 0.15) is 16.1 Å². The first kappa shape index (κ1) is 17.5. The molecule has 1 N–H and O–H groups in total. The second-order valence-electron chi connectivity index (χ2n) is 5.85. The topological polar surface area (TPSA) is 72.7 Å². The van der Waals surface area contributed by atoms with E-state index < -0.39 is 11.7 Å². The average Bonchev–Trinajstić information content (AvgIpc) is 3.07. The number of hydrogen-bond acceptors (Lipinski definition) is 4. The maximum absolute atomic E-state index is 13.0. The maximum atomic E-state index is 13.0. The third kappa shape index (κ3) is 3.25. The Kier molecular flexibility index (Phi) is 4.11. The van der Waals surface area contributed by atoms with E-state index in [-0.39, 0.29) is 22.3 Å². The smallest absolute Gasteiger partial charge is 0.349 e. The van der Waals surface area contributed by atoms with Gasteiger partial charge in [0, 0.05) is 18.3 Å². The number of halogens is 4. The summed E-state index contributed by atoms with van der Waals surface area (Å²) in [7, 11) is 0. The van der Waals surface area contributed by atoms with E-state index in [0.29, 0.717) is 30.2 Å². The predicted molar refractivity (Wildman–Crippen MR) is 91.0 cm³/mol. The molecule has 1 aliphatic rings. The molecule has 138 valence electrons. The molecule has 0 radical (unpaired) electrons. The number of alkyl halides is 3. The Bertz CT molecular complexity index is 1050. The van der Waals surface area contributed by atoms with Crippen LogP contribution in [0, 0.1) is 0 Å². The van der Waals surface area contributed by atoms with Crippen molar-refractivity contribution in [3.63, 3.8) is 0 Å². The lowest BCUT2D eigenvalue weighted by Gasteiger charge is -2.13. The normalized spacial score (nSPS) is 14.0. The summed E-state index contributed by atoms with van der Waals surface area (Å²) in [6.07, 6.45) is -3.10. The Morgan fingerprint density at radius 3 is 2.70 bits per heavy atom. The van der Waals surface area contributed by atoms with Crippen molar-refractivity contribution in [1.82, 2.24) is 25.1 Å². The van der Waals surface area contributed by atoms with Crippen LogP contribution in [0.5, 0.6) is 0 Å². The van der Waals surface area contributed by atoms with E-state index in [4.69, 9.17) is 11.6 Å². The number of carbonyl (C=O) groups is 1. The zero-order valence-corrected chi connectivity index (χ0v) is 14.3. The molecule has 0 aliphatic carbocycles. The van der Waals surface area contributed by atoms with Gasteiger partial charge >= 0.3 is 6.18 Å². The van der Waals surface area contributed by atoms with Gasteiger partial charge in [0.25, 0.3) is 5.91 Å². The summed E-state index contributed by atoms with van der Waals surface area (Å²) in [6.45, 7) is 1.00. The lowest BCUT2D eigenvalue weighted by Crippen LogP contribution is -2.35. The molecule has 0 bridgehead atoms. The molecule has 1 aromatic carbocycles. The molecule has 6 nitrogen and oxygen atoms in total. The highest BCUT2D eigenvalue weighted by Gasteiger charge is 2.31. The SMILES string of the molecule is O=C1NCCn2nc(-c3ccnc(-c4cc(C(F)(F)F)ccc4Cl)n3)cc21. The predicted octanol–water partition coefficient (Wildman–Crippen LogP) is 3.42. The van der Waals surface area contributed by atoms with Gasteiger partial charge in [0.05, 0.1) is 22.8 Å². The van der Waals surface area contributed by atoms with Gasteiger partial charge in [0.2, 0.25) is 0 Å². The van der Waals surface area contributed by atoms with Gasteiger partial charge in [-0.15, -0.1) is 0 Å². The average molecular weight is 394 g/mol. The van der Waals surface area contributed by atoms with Crippen molar-refractivity contribution in [3.8, 4) is 22.8 Å². The van der Waals surface area contributed by atoms with Crippen LogP contribution in [0.3, 0.4) is 0 Å². The molecule has 1 aliphatic heterocycles. The molecule has 0 atom stereocenters. The summed E-state index contributed by atoms with van der Waals surface area (Å²) in [6, 6.07) is 6.12. The van der Waals surface area contributed by atoms with Gasteiger partial charge in [-0.1, -0.05) is 11.6 Å². The monoisotopic (exact) mass is 393 g/mol. The Hall–Kier alpha value is -2.94. The van der Waals surface area contributed by atoms with Gasteiger partial charge < -0.3 is 5.32 Å². The second kappa shape index (κ2) is 6.34. The van der Waals surface area contributed by atoms with Gasteiger partial charge in [-0.2, -0.15) is 18.3 Å². The minimum atomic E-state index is -4.51. The van der Waals surface area contributed by atoms with E-state index in [0.717, 1.165) is 18.2 Å². The van der Waals surface area contributed by atoms with Crippen LogP contribution >= 0.6 is 11.6 Å². The van der Waals surface area contributed by atoms with Crippen LogP contribution in [0.4, 0.5) is 13.2 Å². The number of nitrogens with zero attached hydrogens (tertiary/aromatic N) is 4. The van der Waals surface area contributed by atoms with Crippen LogP contribution in [-0.4, -0.2) is 32.2 Å². The standard InChI is InChI=1S/C17H11ClF3N5O/c18-11-2-1-9(17(19,20)21)7-10(11)15-22-4-3-12(24-15)13-8-14-16(27)23-5-6-26(14)25-13/h1-4,7-8H,5-6H2,(H,23,27). The summed E-state index contributed by atoms with van der Waals surface area (Å²) in [5.74, 6) is -0.200. The van der Waals surface area contributed by atoms with Crippen molar-refractivity contribution >= 4 is 17.5 Å². The second-order valence-corrected chi connectivity index (χ2v) is 6.26. The Morgan fingerprint density at radius 1 is 1.15 bits per heavy atom. The van der Waals surface area contributed by atoms with Gasteiger partial charge in [0.1, 0.15) is 11.4 Å². The molecular weight excluding hydrogens is 383 g/mol. The summed E-state index contributed by atoms with van der Waals surface area (Å²) in [5.41, 5.74) is 0.422. The fraction of sp³-hybridized carbons (Fsp3) is 0.176. The molecule has 0 fully saturated rings. The molecule has 10 heteroatoms. The number of nitrogens with one attached hydrogen (secondary N) is 1. The van der Waals surface area contributed by atoms with E-state index in [1.54, 1.807) is 16.8 Å². The van der Waals surface area contributed by atoms with Crippen LogP contribution in [0.2, 0.25) is 5.02 Å².